The number of Topliss-reactive ketones (excluding diaryl/α,β-unsaturated/α-hetero) is 1. The smallest absolute Gasteiger partial charge is 0.248 e. The van der Waals surface area contributed by atoms with E-state index in [1.165, 1.54) is 16.5 Å². The molecule has 246 valence electrons. The molecule has 15 heteroatoms. The number of anilines is 1. The third kappa shape index (κ3) is 7.31. The van der Waals surface area contributed by atoms with Crippen molar-refractivity contribution in [1.29, 1.82) is 0 Å². The lowest BCUT2D eigenvalue weighted by atomic mass is 9.99. The van der Waals surface area contributed by atoms with Crippen molar-refractivity contribution in [2.24, 2.45) is 5.92 Å². The number of likely N-dealkylation sites (tertiary alicyclic amines) is 1. The highest BCUT2D eigenvalue weighted by Gasteiger charge is 2.46. The Morgan fingerprint density at radius 3 is 2.43 bits per heavy atom. The second kappa shape index (κ2) is 13.4. The van der Waals surface area contributed by atoms with Crippen LogP contribution < -0.4 is 10.0 Å². The van der Waals surface area contributed by atoms with Crippen LogP contribution in [0.1, 0.15) is 40.8 Å². The fourth-order valence-corrected chi connectivity index (χ4v) is 6.79. The Labute approximate surface area is 281 Å². The minimum absolute atomic E-state index is 0.00103. The highest BCUT2D eigenvalue weighted by atomic mass is 79.9. The van der Waals surface area contributed by atoms with Crippen molar-refractivity contribution in [1.82, 2.24) is 34.4 Å². The van der Waals surface area contributed by atoms with Gasteiger partial charge >= 0.3 is 0 Å². The van der Waals surface area contributed by atoms with Crippen molar-refractivity contribution in [3.05, 3.63) is 76.6 Å². The third-order valence-corrected chi connectivity index (χ3v) is 9.31. The number of nitrogens with one attached hydrogen (secondary N) is 2. The molecule has 0 bridgehead atoms. The molecule has 47 heavy (non-hydrogen) atoms. The van der Waals surface area contributed by atoms with E-state index in [1.807, 2.05) is 19.1 Å². The van der Waals surface area contributed by atoms with Crippen molar-refractivity contribution in [2.75, 3.05) is 18.1 Å². The van der Waals surface area contributed by atoms with Crippen molar-refractivity contribution in [3.63, 3.8) is 0 Å². The first-order valence-corrected chi connectivity index (χ1v) is 17.5. The Morgan fingerprint density at radius 2 is 1.79 bits per heavy atom. The summed E-state index contributed by atoms with van der Waals surface area (Å²) in [6.45, 7) is 10.5. The van der Waals surface area contributed by atoms with Gasteiger partial charge in [-0.25, -0.2) is 28.1 Å². The highest BCUT2D eigenvalue weighted by Crippen LogP contribution is 2.34. The maximum absolute atomic E-state index is 14.2. The van der Waals surface area contributed by atoms with Crippen LogP contribution in [0.2, 0.25) is 0 Å². The van der Waals surface area contributed by atoms with Crippen LogP contribution in [0.25, 0.3) is 22.0 Å². The van der Waals surface area contributed by atoms with Crippen LogP contribution >= 0.6 is 15.9 Å². The second-order valence-corrected chi connectivity index (χ2v) is 14.4. The molecule has 4 aromatic rings. The third-order valence-electron chi connectivity index (χ3n) is 8.18. The van der Waals surface area contributed by atoms with Crippen molar-refractivity contribution in [3.8, 4) is 11.1 Å². The maximum atomic E-state index is 14.2. The number of hydrogen-bond acceptors (Lipinski definition) is 9. The maximum Gasteiger partial charge on any atom is 0.248 e. The number of fused-ring (bicyclic) bond motifs is 1. The molecule has 5 rings (SSSR count). The molecule has 0 unspecified atom stereocenters. The van der Waals surface area contributed by atoms with Gasteiger partial charge in [0.1, 0.15) is 34.5 Å². The molecule has 1 saturated heterocycles. The average molecular weight is 724 g/mol. The van der Waals surface area contributed by atoms with Gasteiger partial charge in [0.2, 0.25) is 21.8 Å². The summed E-state index contributed by atoms with van der Waals surface area (Å²) in [7, 11) is -3.54. The van der Waals surface area contributed by atoms with Crippen molar-refractivity contribution >= 4 is 60.3 Å². The van der Waals surface area contributed by atoms with E-state index in [-0.39, 0.29) is 31.0 Å². The molecule has 0 saturated carbocycles. The van der Waals surface area contributed by atoms with Gasteiger partial charge in [-0.15, -0.1) is 6.58 Å². The van der Waals surface area contributed by atoms with E-state index >= 15 is 0 Å². The van der Waals surface area contributed by atoms with Crippen molar-refractivity contribution < 1.29 is 22.8 Å². The number of nitrogens with zero attached hydrogens (tertiary/aromatic N) is 6. The zero-order chi connectivity index (χ0) is 34.2. The Hall–Kier alpha value is -4.34. The van der Waals surface area contributed by atoms with Crippen LogP contribution in [-0.2, 0) is 26.2 Å². The number of rotatable bonds is 10. The number of carbonyl (C=O) groups is 3. The number of ketones is 1. The molecule has 1 aliphatic heterocycles. The van der Waals surface area contributed by atoms with E-state index in [1.54, 1.807) is 44.4 Å². The molecule has 1 fully saturated rings. The fourth-order valence-electron chi connectivity index (χ4n) is 5.97. The van der Waals surface area contributed by atoms with Gasteiger partial charge < -0.3 is 10.2 Å². The Balaban J connectivity index is 1.52. The quantitative estimate of drug-likeness (QED) is 0.141. The second-order valence-electron chi connectivity index (χ2n) is 11.7. The lowest BCUT2D eigenvalue weighted by Gasteiger charge is -2.29. The van der Waals surface area contributed by atoms with Gasteiger partial charge in [0, 0.05) is 36.8 Å². The first-order valence-electron chi connectivity index (χ1n) is 14.8. The molecule has 4 heterocycles. The Morgan fingerprint density at radius 1 is 1.09 bits per heavy atom. The van der Waals surface area contributed by atoms with Crippen LogP contribution in [0.15, 0.2) is 53.9 Å². The summed E-state index contributed by atoms with van der Waals surface area (Å²) in [6.07, 6.45) is 6.18. The minimum Gasteiger partial charge on any atom is -0.322 e. The number of carbonyl (C=O) groups excluding carboxylic acids is 3. The largest absolute Gasteiger partial charge is 0.322 e. The molecular formula is C32H35BrN8O5S. The van der Waals surface area contributed by atoms with Crippen LogP contribution in [0.3, 0.4) is 0 Å². The van der Waals surface area contributed by atoms with E-state index in [4.69, 9.17) is 0 Å². The monoisotopic (exact) mass is 722 g/mol. The molecule has 3 aromatic heterocycles. The summed E-state index contributed by atoms with van der Waals surface area (Å²) >= 11 is 3.32. The number of halogens is 1. The zero-order valence-electron chi connectivity index (χ0n) is 26.6. The molecule has 2 N–H and O–H groups in total. The normalized spacial score (nSPS) is 18.0. The zero-order valence-corrected chi connectivity index (χ0v) is 29.0. The lowest BCUT2D eigenvalue weighted by Crippen LogP contribution is -2.48. The summed E-state index contributed by atoms with van der Waals surface area (Å²) in [6, 6.07) is 5.65. The molecule has 13 nitrogen and oxygen atoms in total. The van der Waals surface area contributed by atoms with Crippen LogP contribution in [0.4, 0.5) is 5.82 Å². The first kappa shape index (κ1) is 34.0. The van der Waals surface area contributed by atoms with E-state index in [9.17, 15) is 22.8 Å². The molecule has 0 spiro atoms. The summed E-state index contributed by atoms with van der Waals surface area (Å²) < 4.78 is 28.4. The number of aromatic nitrogens is 5. The van der Waals surface area contributed by atoms with Crippen LogP contribution in [0, 0.1) is 26.7 Å². The molecule has 0 radical (unpaired) electrons. The van der Waals surface area contributed by atoms with Gasteiger partial charge in [0.05, 0.1) is 17.8 Å². The summed E-state index contributed by atoms with van der Waals surface area (Å²) in [5.41, 5.74) is 3.85. The molecule has 3 atom stereocenters. The first-order chi connectivity index (χ1) is 22.2. The number of pyridine rings is 1. The number of amides is 2. The lowest BCUT2D eigenvalue weighted by molar-refractivity contribution is -0.138. The molecule has 1 aliphatic rings. The molecule has 2 amide bonds. The van der Waals surface area contributed by atoms with Gasteiger partial charge in [-0.3, -0.25) is 19.1 Å². The van der Waals surface area contributed by atoms with Gasteiger partial charge in [-0.2, -0.15) is 5.10 Å². The summed E-state index contributed by atoms with van der Waals surface area (Å²) in [4.78, 5) is 55.1. The predicted molar refractivity (Wildman–Crippen MR) is 181 cm³/mol. The standard InChI is InChI=1S/C32H35BrN8O5S/c1-7-25-22(15-36-47(6,45)46)12-26(32(44)38-31-17(2)8-9-27(33)37-31)41(25)28(43)16-40-30-18(3)10-21(23-13-34-20(5)35-14-23)11-24(30)29(39-40)19(4)42/h7-11,13-14,22,25-26,36H,1,12,15-16H2,2-6H3,(H,37,38,44)/t22-,25-,26+/m1/s1. The topological polar surface area (TPSA) is 169 Å². The summed E-state index contributed by atoms with van der Waals surface area (Å²) in [5.74, 6) is -0.682. The van der Waals surface area contributed by atoms with Crippen molar-refractivity contribution in [2.45, 2.75) is 52.7 Å². The number of aryl methyl sites for hydroxylation is 3. The van der Waals surface area contributed by atoms with Gasteiger partial charge in [-0.05, 0) is 83.9 Å². The van der Waals surface area contributed by atoms with E-state index < -0.39 is 39.8 Å². The minimum atomic E-state index is -3.54. The van der Waals surface area contributed by atoms with Gasteiger partial charge in [0.25, 0.3) is 0 Å². The highest BCUT2D eigenvalue weighted by molar-refractivity contribution is 9.10. The average Bonchev–Trinajstić information content (AvgIpc) is 3.57. The van der Waals surface area contributed by atoms with Gasteiger partial charge in [0.15, 0.2) is 5.78 Å². The number of sulfonamides is 1. The summed E-state index contributed by atoms with van der Waals surface area (Å²) in [5, 5.41) is 7.97. The van der Waals surface area contributed by atoms with E-state index in [2.05, 4.69) is 52.6 Å². The Kier molecular flexibility index (Phi) is 9.70. The fraction of sp³-hybridized carbons (Fsp3) is 0.344. The number of benzene rings is 1. The predicted octanol–water partition coefficient (Wildman–Crippen LogP) is 3.74. The molecular weight excluding hydrogens is 688 g/mol. The van der Waals surface area contributed by atoms with Gasteiger partial charge in [-0.1, -0.05) is 12.1 Å². The van der Waals surface area contributed by atoms with E-state index in [0.717, 1.165) is 28.5 Å². The molecule has 1 aromatic carbocycles. The Bertz CT molecular complexity index is 2010. The van der Waals surface area contributed by atoms with Crippen LogP contribution in [-0.4, -0.2) is 80.5 Å². The van der Waals surface area contributed by atoms with E-state index in [0.29, 0.717) is 27.1 Å². The SMILES string of the molecule is C=C[C@@H]1[C@@H](CNS(C)(=O)=O)C[C@@H](C(=O)Nc2nc(Br)ccc2C)N1C(=O)Cn1nc(C(C)=O)c2cc(-c3cnc(C)nc3)cc(C)c21. The number of hydrogen-bond donors (Lipinski definition) is 2. The molecule has 0 aliphatic carbocycles. The van der Waals surface area contributed by atoms with Crippen LogP contribution in [0.5, 0.6) is 0 Å².